The smallest absolute Gasteiger partial charge is 0.227 e. The van der Waals surface area contributed by atoms with Crippen LogP contribution in [0, 0.1) is 11.8 Å². The van der Waals surface area contributed by atoms with Gasteiger partial charge < -0.3 is 10.2 Å². The van der Waals surface area contributed by atoms with Gasteiger partial charge in [-0.2, -0.15) is 0 Å². The third-order valence-corrected chi connectivity index (χ3v) is 4.94. The quantitative estimate of drug-likeness (QED) is 0.794. The number of nitrogens with one attached hydrogen (secondary N) is 1. The lowest BCUT2D eigenvalue weighted by Crippen LogP contribution is -2.51. The van der Waals surface area contributed by atoms with Crippen molar-refractivity contribution in [2.75, 3.05) is 19.6 Å². The molecule has 18 heavy (non-hydrogen) atoms. The summed E-state index contributed by atoms with van der Waals surface area (Å²) < 4.78 is 0. The van der Waals surface area contributed by atoms with Gasteiger partial charge in [0.2, 0.25) is 5.91 Å². The Morgan fingerprint density at radius 1 is 1.06 bits per heavy atom. The Morgan fingerprint density at radius 3 is 2.61 bits per heavy atom. The number of carbonyl (C=O) groups is 1. The van der Waals surface area contributed by atoms with E-state index in [2.05, 4.69) is 10.2 Å². The molecule has 3 atom stereocenters. The van der Waals surface area contributed by atoms with Gasteiger partial charge in [-0.1, -0.05) is 12.8 Å². The summed E-state index contributed by atoms with van der Waals surface area (Å²) in [6.45, 7) is 2.96. The van der Waals surface area contributed by atoms with Gasteiger partial charge in [-0.3, -0.25) is 4.79 Å². The van der Waals surface area contributed by atoms with Crippen LogP contribution in [-0.2, 0) is 4.79 Å². The van der Waals surface area contributed by atoms with Crippen LogP contribution in [0.15, 0.2) is 0 Å². The van der Waals surface area contributed by atoms with Crippen LogP contribution < -0.4 is 5.32 Å². The van der Waals surface area contributed by atoms with Gasteiger partial charge in [-0.25, -0.2) is 0 Å². The van der Waals surface area contributed by atoms with Crippen LogP contribution in [-0.4, -0.2) is 36.5 Å². The number of hydrogen-bond donors (Lipinski definition) is 1. The average Bonchev–Trinajstić information content (AvgIpc) is 2.91. The molecule has 4 heteroatoms. The van der Waals surface area contributed by atoms with Crippen molar-refractivity contribution in [3.63, 3.8) is 0 Å². The molecule has 0 radical (unpaired) electrons. The number of rotatable bonds is 1. The second-order valence-electron chi connectivity index (χ2n) is 5.98. The molecule has 0 aromatic heterocycles. The average molecular weight is 273 g/mol. The molecule has 0 aromatic carbocycles. The van der Waals surface area contributed by atoms with Crippen LogP contribution in [0.1, 0.15) is 44.9 Å². The van der Waals surface area contributed by atoms with E-state index >= 15 is 0 Å². The Kier molecular flexibility index (Phi) is 4.91. The SMILES string of the molecule is Cl.O=C(C1CCNC1)N1CCCC2CCCCC21. The maximum atomic E-state index is 12.5. The molecule has 2 saturated heterocycles. The van der Waals surface area contributed by atoms with Gasteiger partial charge in [0.05, 0.1) is 5.92 Å². The van der Waals surface area contributed by atoms with Gasteiger partial charge in [0.15, 0.2) is 0 Å². The van der Waals surface area contributed by atoms with Crippen LogP contribution in [0.2, 0.25) is 0 Å². The summed E-state index contributed by atoms with van der Waals surface area (Å²) in [4.78, 5) is 14.8. The highest BCUT2D eigenvalue weighted by atomic mass is 35.5. The van der Waals surface area contributed by atoms with Gasteiger partial charge in [0.25, 0.3) is 0 Å². The summed E-state index contributed by atoms with van der Waals surface area (Å²) >= 11 is 0. The van der Waals surface area contributed by atoms with Crippen molar-refractivity contribution in [3.05, 3.63) is 0 Å². The molecule has 1 saturated carbocycles. The first kappa shape index (κ1) is 14.1. The van der Waals surface area contributed by atoms with Crippen molar-refractivity contribution in [1.82, 2.24) is 10.2 Å². The first-order valence-corrected chi connectivity index (χ1v) is 7.37. The van der Waals surface area contributed by atoms with Crippen LogP contribution in [0.4, 0.5) is 0 Å². The first-order chi connectivity index (χ1) is 8.36. The molecule has 0 spiro atoms. The fourth-order valence-electron chi connectivity index (χ4n) is 4.00. The van der Waals surface area contributed by atoms with Crippen LogP contribution in [0.3, 0.4) is 0 Å². The molecule has 2 heterocycles. The van der Waals surface area contributed by atoms with Crippen LogP contribution >= 0.6 is 12.4 Å². The molecule has 2 aliphatic heterocycles. The molecule has 104 valence electrons. The third kappa shape index (κ3) is 2.67. The molecule has 3 fully saturated rings. The van der Waals surface area contributed by atoms with Crippen LogP contribution in [0.25, 0.3) is 0 Å². The Balaban J connectivity index is 0.00000120. The topological polar surface area (TPSA) is 32.3 Å². The number of halogens is 1. The van der Waals surface area contributed by atoms with Gasteiger partial charge in [-0.15, -0.1) is 12.4 Å². The molecule has 0 aromatic rings. The van der Waals surface area contributed by atoms with Crippen molar-refractivity contribution in [3.8, 4) is 0 Å². The third-order valence-electron chi connectivity index (χ3n) is 4.94. The number of carbonyl (C=O) groups excluding carboxylic acids is 1. The molecular weight excluding hydrogens is 248 g/mol. The molecule has 3 unspecified atom stereocenters. The highest BCUT2D eigenvalue weighted by Gasteiger charge is 2.38. The molecule has 1 N–H and O–H groups in total. The Bertz CT molecular complexity index is 290. The van der Waals surface area contributed by atoms with Gasteiger partial charge in [0, 0.05) is 19.1 Å². The van der Waals surface area contributed by atoms with E-state index in [9.17, 15) is 4.79 Å². The molecule has 3 rings (SSSR count). The second kappa shape index (κ2) is 6.25. The molecule has 1 amide bonds. The van der Waals surface area contributed by atoms with E-state index in [1.54, 1.807) is 0 Å². The molecule has 3 aliphatic rings. The number of amides is 1. The minimum atomic E-state index is 0. The highest BCUT2D eigenvalue weighted by molar-refractivity contribution is 5.85. The van der Waals surface area contributed by atoms with Crippen molar-refractivity contribution in [2.45, 2.75) is 51.0 Å². The maximum absolute atomic E-state index is 12.5. The number of likely N-dealkylation sites (tertiary alicyclic amines) is 1. The van der Waals surface area contributed by atoms with E-state index < -0.39 is 0 Å². The first-order valence-electron chi connectivity index (χ1n) is 7.37. The maximum Gasteiger partial charge on any atom is 0.227 e. The Morgan fingerprint density at radius 2 is 1.83 bits per heavy atom. The fraction of sp³-hybridized carbons (Fsp3) is 0.929. The summed E-state index contributed by atoms with van der Waals surface area (Å²) in [5.74, 6) is 1.54. The predicted molar refractivity (Wildman–Crippen MR) is 74.9 cm³/mol. The summed E-state index contributed by atoms with van der Waals surface area (Å²) in [5, 5.41) is 3.32. The van der Waals surface area contributed by atoms with Crippen molar-refractivity contribution in [1.29, 1.82) is 0 Å². The monoisotopic (exact) mass is 272 g/mol. The highest BCUT2D eigenvalue weighted by Crippen LogP contribution is 2.36. The Hall–Kier alpha value is -0.280. The zero-order chi connectivity index (χ0) is 11.7. The van der Waals surface area contributed by atoms with E-state index in [-0.39, 0.29) is 18.3 Å². The zero-order valence-corrected chi connectivity index (χ0v) is 11.9. The van der Waals surface area contributed by atoms with Crippen molar-refractivity contribution in [2.24, 2.45) is 11.8 Å². The summed E-state index contributed by atoms with van der Waals surface area (Å²) in [6, 6.07) is 0.589. The molecule has 0 bridgehead atoms. The van der Waals surface area contributed by atoms with Gasteiger partial charge >= 0.3 is 0 Å². The van der Waals surface area contributed by atoms with Crippen molar-refractivity contribution >= 4 is 18.3 Å². The lowest BCUT2D eigenvalue weighted by molar-refractivity contribution is -0.141. The lowest BCUT2D eigenvalue weighted by atomic mass is 9.78. The van der Waals surface area contributed by atoms with E-state index in [4.69, 9.17) is 0 Å². The standard InChI is InChI=1S/C14H24N2O.ClH/c17-14(12-7-8-15-10-12)16-9-3-5-11-4-1-2-6-13(11)16;/h11-13,15H,1-10H2;1H. The van der Waals surface area contributed by atoms with E-state index in [0.29, 0.717) is 11.9 Å². The minimum Gasteiger partial charge on any atom is -0.339 e. The summed E-state index contributed by atoms with van der Waals surface area (Å²) in [5.41, 5.74) is 0. The number of fused-ring (bicyclic) bond motifs is 1. The predicted octanol–water partition coefficient (Wildman–Crippen LogP) is 2.20. The summed E-state index contributed by atoms with van der Waals surface area (Å²) in [7, 11) is 0. The largest absolute Gasteiger partial charge is 0.339 e. The molecule has 3 nitrogen and oxygen atoms in total. The van der Waals surface area contributed by atoms with Gasteiger partial charge in [-0.05, 0) is 44.6 Å². The van der Waals surface area contributed by atoms with Gasteiger partial charge in [0.1, 0.15) is 0 Å². The number of piperidine rings is 1. The normalized spacial score (nSPS) is 35.8. The number of hydrogen-bond acceptors (Lipinski definition) is 2. The summed E-state index contributed by atoms with van der Waals surface area (Å²) in [6.07, 6.45) is 8.97. The van der Waals surface area contributed by atoms with E-state index in [1.165, 1.54) is 38.5 Å². The Labute approximate surface area is 116 Å². The lowest BCUT2D eigenvalue weighted by Gasteiger charge is -2.45. The minimum absolute atomic E-state index is 0. The zero-order valence-electron chi connectivity index (χ0n) is 11.1. The van der Waals surface area contributed by atoms with E-state index in [1.807, 2.05) is 0 Å². The van der Waals surface area contributed by atoms with E-state index in [0.717, 1.165) is 32.0 Å². The van der Waals surface area contributed by atoms with Crippen molar-refractivity contribution < 1.29 is 4.79 Å². The second-order valence-corrected chi connectivity index (χ2v) is 5.98. The molecule has 1 aliphatic carbocycles. The molecular formula is C14H25ClN2O. The number of nitrogens with zero attached hydrogens (tertiary/aromatic N) is 1. The fourth-order valence-corrected chi connectivity index (χ4v) is 4.00. The van der Waals surface area contributed by atoms with Crippen LogP contribution in [0.5, 0.6) is 0 Å².